The van der Waals surface area contributed by atoms with Crippen molar-refractivity contribution in [2.45, 2.75) is 26.3 Å². The topological polar surface area (TPSA) is 31.4 Å². The second kappa shape index (κ2) is 6.87. The second-order valence-electron chi connectivity index (χ2n) is 5.11. The number of nitrogens with one attached hydrogen (secondary N) is 1. The Kier molecular flexibility index (Phi) is 5.16. The summed E-state index contributed by atoms with van der Waals surface area (Å²) in [6.45, 7) is 10.1. The summed E-state index contributed by atoms with van der Waals surface area (Å²) in [6.07, 6.45) is 3.09. The molecule has 0 spiro atoms. The van der Waals surface area contributed by atoms with Crippen LogP contribution in [0.2, 0.25) is 0 Å². The molecule has 0 amide bonds. The zero-order valence-corrected chi connectivity index (χ0v) is 12.4. The van der Waals surface area contributed by atoms with Crippen molar-refractivity contribution in [3.05, 3.63) is 24.0 Å². The SMILES string of the molecule is CCC(NC)c1ccc(N2CCN(CC)CC2)cn1. The van der Waals surface area contributed by atoms with Gasteiger partial charge in [0, 0.05) is 32.2 Å². The van der Waals surface area contributed by atoms with E-state index in [4.69, 9.17) is 0 Å². The van der Waals surface area contributed by atoms with Crippen LogP contribution in [-0.4, -0.2) is 49.7 Å². The van der Waals surface area contributed by atoms with E-state index in [0.29, 0.717) is 6.04 Å². The van der Waals surface area contributed by atoms with E-state index in [9.17, 15) is 0 Å². The van der Waals surface area contributed by atoms with E-state index in [1.807, 2.05) is 13.2 Å². The minimum atomic E-state index is 0.367. The van der Waals surface area contributed by atoms with E-state index < -0.39 is 0 Å². The molecule has 1 atom stereocenters. The van der Waals surface area contributed by atoms with Crippen molar-refractivity contribution in [2.75, 3.05) is 44.7 Å². The van der Waals surface area contributed by atoms with Crippen LogP contribution in [0.15, 0.2) is 18.3 Å². The molecule has 2 rings (SSSR count). The van der Waals surface area contributed by atoms with Gasteiger partial charge in [0.15, 0.2) is 0 Å². The molecule has 0 radical (unpaired) electrons. The van der Waals surface area contributed by atoms with Gasteiger partial charge in [-0.05, 0) is 32.1 Å². The Balaban J connectivity index is 1.99. The lowest BCUT2D eigenvalue weighted by Crippen LogP contribution is -2.46. The number of anilines is 1. The third-order valence-corrected chi connectivity index (χ3v) is 4.07. The van der Waals surface area contributed by atoms with Crippen molar-refractivity contribution in [2.24, 2.45) is 0 Å². The molecule has 1 unspecified atom stereocenters. The second-order valence-corrected chi connectivity index (χ2v) is 5.11. The number of aromatic nitrogens is 1. The summed E-state index contributed by atoms with van der Waals surface area (Å²) in [4.78, 5) is 9.54. The molecule has 2 heterocycles. The first kappa shape index (κ1) is 14.3. The van der Waals surface area contributed by atoms with Gasteiger partial charge in [0.05, 0.1) is 17.6 Å². The Morgan fingerprint density at radius 1 is 1.21 bits per heavy atom. The average molecular weight is 262 g/mol. The highest BCUT2D eigenvalue weighted by Gasteiger charge is 2.16. The Labute approximate surface area is 116 Å². The number of hydrogen-bond acceptors (Lipinski definition) is 4. The van der Waals surface area contributed by atoms with Gasteiger partial charge in [-0.15, -0.1) is 0 Å². The fourth-order valence-electron chi connectivity index (χ4n) is 2.67. The van der Waals surface area contributed by atoms with Crippen molar-refractivity contribution >= 4 is 5.69 Å². The number of nitrogens with zero attached hydrogens (tertiary/aromatic N) is 3. The maximum atomic E-state index is 4.62. The first-order valence-electron chi connectivity index (χ1n) is 7.39. The van der Waals surface area contributed by atoms with Gasteiger partial charge < -0.3 is 15.1 Å². The minimum Gasteiger partial charge on any atom is -0.368 e. The van der Waals surface area contributed by atoms with E-state index in [1.165, 1.54) is 5.69 Å². The summed E-state index contributed by atoms with van der Waals surface area (Å²) in [5, 5.41) is 3.30. The highest BCUT2D eigenvalue weighted by molar-refractivity contribution is 5.45. The largest absolute Gasteiger partial charge is 0.368 e. The average Bonchev–Trinajstić information content (AvgIpc) is 2.49. The third-order valence-electron chi connectivity index (χ3n) is 4.07. The molecule has 1 aliphatic rings. The predicted octanol–water partition coefficient (Wildman–Crippen LogP) is 1.89. The molecule has 1 aromatic rings. The molecule has 19 heavy (non-hydrogen) atoms. The van der Waals surface area contributed by atoms with Crippen LogP contribution in [0.1, 0.15) is 32.0 Å². The third kappa shape index (κ3) is 3.45. The zero-order valence-electron chi connectivity index (χ0n) is 12.4. The molecule has 1 fully saturated rings. The summed E-state index contributed by atoms with van der Waals surface area (Å²) in [5.74, 6) is 0. The van der Waals surface area contributed by atoms with Gasteiger partial charge in [-0.3, -0.25) is 4.98 Å². The molecule has 1 aliphatic heterocycles. The summed E-state index contributed by atoms with van der Waals surface area (Å²) in [7, 11) is 1.99. The standard InChI is InChI=1S/C15H26N4/c1-4-14(16-3)15-7-6-13(12-17-15)19-10-8-18(5-2)9-11-19/h6-7,12,14,16H,4-5,8-11H2,1-3H3. The maximum absolute atomic E-state index is 4.62. The fourth-order valence-corrected chi connectivity index (χ4v) is 2.67. The van der Waals surface area contributed by atoms with E-state index in [0.717, 1.165) is 44.8 Å². The van der Waals surface area contributed by atoms with Gasteiger partial charge in [0.2, 0.25) is 0 Å². The highest BCUT2D eigenvalue weighted by Crippen LogP contribution is 2.19. The van der Waals surface area contributed by atoms with Crippen molar-refractivity contribution < 1.29 is 0 Å². The maximum Gasteiger partial charge on any atom is 0.0574 e. The number of rotatable bonds is 5. The summed E-state index contributed by atoms with van der Waals surface area (Å²) < 4.78 is 0. The van der Waals surface area contributed by atoms with Crippen LogP contribution in [0.5, 0.6) is 0 Å². The molecule has 106 valence electrons. The Morgan fingerprint density at radius 2 is 1.95 bits per heavy atom. The molecule has 1 aromatic heterocycles. The van der Waals surface area contributed by atoms with Crippen LogP contribution < -0.4 is 10.2 Å². The Bertz CT molecular complexity index is 364. The van der Waals surface area contributed by atoms with E-state index in [-0.39, 0.29) is 0 Å². The molecule has 0 saturated carbocycles. The first-order chi connectivity index (χ1) is 9.28. The van der Waals surface area contributed by atoms with Crippen molar-refractivity contribution in [3.8, 4) is 0 Å². The van der Waals surface area contributed by atoms with Crippen LogP contribution in [-0.2, 0) is 0 Å². The van der Waals surface area contributed by atoms with Crippen LogP contribution >= 0.6 is 0 Å². The lowest BCUT2D eigenvalue weighted by Gasteiger charge is -2.35. The smallest absolute Gasteiger partial charge is 0.0574 e. The van der Waals surface area contributed by atoms with Gasteiger partial charge in [-0.25, -0.2) is 0 Å². The Hall–Kier alpha value is -1.13. The summed E-state index contributed by atoms with van der Waals surface area (Å²) in [5.41, 5.74) is 2.39. The molecule has 0 bridgehead atoms. The zero-order chi connectivity index (χ0) is 13.7. The predicted molar refractivity (Wildman–Crippen MR) is 80.7 cm³/mol. The number of piperazine rings is 1. The van der Waals surface area contributed by atoms with Crippen LogP contribution in [0.3, 0.4) is 0 Å². The Morgan fingerprint density at radius 3 is 2.42 bits per heavy atom. The lowest BCUT2D eigenvalue weighted by molar-refractivity contribution is 0.271. The van der Waals surface area contributed by atoms with Gasteiger partial charge in [0.1, 0.15) is 0 Å². The quantitative estimate of drug-likeness (QED) is 0.878. The lowest BCUT2D eigenvalue weighted by atomic mass is 10.1. The van der Waals surface area contributed by atoms with Crippen LogP contribution in [0, 0.1) is 0 Å². The normalized spacial score (nSPS) is 18.6. The van der Waals surface area contributed by atoms with Crippen LogP contribution in [0.25, 0.3) is 0 Å². The van der Waals surface area contributed by atoms with E-state index in [2.05, 4.69) is 46.1 Å². The molecule has 1 N–H and O–H groups in total. The molecule has 4 heteroatoms. The number of likely N-dealkylation sites (N-methyl/N-ethyl adjacent to an activating group) is 1. The number of pyridine rings is 1. The monoisotopic (exact) mass is 262 g/mol. The number of hydrogen-bond donors (Lipinski definition) is 1. The molecule has 0 aromatic carbocycles. The van der Waals surface area contributed by atoms with Gasteiger partial charge in [-0.1, -0.05) is 13.8 Å². The van der Waals surface area contributed by atoms with Gasteiger partial charge >= 0.3 is 0 Å². The molecule has 0 aliphatic carbocycles. The van der Waals surface area contributed by atoms with Crippen molar-refractivity contribution in [1.82, 2.24) is 15.2 Å². The first-order valence-corrected chi connectivity index (χ1v) is 7.39. The van der Waals surface area contributed by atoms with E-state index in [1.54, 1.807) is 0 Å². The molecule has 1 saturated heterocycles. The fraction of sp³-hybridized carbons (Fsp3) is 0.667. The van der Waals surface area contributed by atoms with Gasteiger partial charge in [-0.2, -0.15) is 0 Å². The molecular formula is C15H26N4. The van der Waals surface area contributed by atoms with E-state index >= 15 is 0 Å². The van der Waals surface area contributed by atoms with Crippen molar-refractivity contribution in [1.29, 1.82) is 0 Å². The van der Waals surface area contributed by atoms with Gasteiger partial charge in [0.25, 0.3) is 0 Å². The minimum absolute atomic E-state index is 0.367. The molecular weight excluding hydrogens is 236 g/mol. The molecule has 4 nitrogen and oxygen atoms in total. The highest BCUT2D eigenvalue weighted by atomic mass is 15.3. The summed E-state index contributed by atoms with van der Waals surface area (Å²) in [6, 6.07) is 4.74. The van der Waals surface area contributed by atoms with Crippen LogP contribution in [0.4, 0.5) is 5.69 Å². The summed E-state index contributed by atoms with van der Waals surface area (Å²) >= 11 is 0. The van der Waals surface area contributed by atoms with Crippen molar-refractivity contribution in [3.63, 3.8) is 0 Å².